The molecule has 1 atom stereocenters. The van der Waals surface area contributed by atoms with Crippen LogP contribution in [0.2, 0.25) is 0 Å². The molecular formula is C16H17N3O5S. The van der Waals surface area contributed by atoms with Gasteiger partial charge in [0.2, 0.25) is 0 Å². The van der Waals surface area contributed by atoms with Crippen molar-refractivity contribution < 1.29 is 23.1 Å². The number of rotatable bonds is 4. The standard InChI is InChI=1S/C16H17N3O5S/c20-16(21)14-3-1-2-11-4-6-19(15(11)14)25(22,23)13-8-17-18(9-13)12-5-7-24-10-12/h1-3,8-9,12H,4-7,10H2,(H,20,21). The highest BCUT2D eigenvalue weighted by Crippen LogP contribution is 2.36. The number of fused-ring (bicyclic) bond motifs is 1. The highest BCUT2D eigenvalue weighted by atomic mass is 32.2. The van der Waals surface area contributed by atoms with Gasteiger partial charge in [0.05, 0.1) is 30.1 Å². The fourth-order valence-electron chi connectivity index (χ4n) is 3.35. The summed E-state index contributed by atoms with van der Waals surface area (Å²) in [6, 6.07) is 4.85. The number of carboxylic acid groups (broad SMARTS) is 1. The lowest BCUT2D eigenvalue weighted by Gasteiger charge is -2.20. The van der Waals surface area contributed by atoms with Crippen LogP contribution in [0, 0.1) is 0 Å². The molecule has 1 N–H and O–H groups in total. The summed E-state index contributed by atoms with van der Waals surface area (Å²) in [6.07, 6.45) is 4.09. The third-order valence-electron chi connectivity index (χ3n) is 4.63. The fourth-order valence-corrected chi connectivity index (χ4v) is 4.81. The molecule has 0 saturated carbocycles. The van der Waals surface area contributed by atoms with Crippen LogP contribution in [0.5, 0.6) is 0 Å². The minimum atomic E-state index is -3.87. The monoisotopic (exact) mass is 363 g/mol. The molecular weight excluding hydrogens is 346 g/mol. The molecule has 2 aliphatic rings. The SMILES string of the molecule is O=C(O)c1cccc2c1N(S(=O)(=O)c1cnn(C3CCOC3)c1)CC2. The molecule has 2 aromatic rings. The van der Waals surface area contributed by atoms with Gasteiger partial charge >= 0.3 is 5.97 Å². The molecule has 1 aromatic heterocycles. The van der Waals surface area contributed by atoms with Crippen molar-refractivity contribution in [1.82, 2.24) is 9.78 Å². The average molecular weight is 363 g/mol. The first-order chi connectivity index (χ1) is 12.0. The van der Waals surface area contributed by atoms with Crippen LogP contribution in [-0.2, 0) is 21.2 Å². The Bertz CT molecular complexity index is 931. The second kappa shape index (κ2) is 5.85. The number of aromatic carboxylic acids is 1. The number of ether oxygens (including phenoxy) is 1. The van der Waals surface area contributed by atoms with Crippen LogP contribution in [0.3, 0.4) is 0 Å². The average Bonchev–Trinajstić information content (AvgIpc) is 3.32. The van der Waals surface area contributed by atoms with Gasteiger partial charge in [-0.05, 0) is 24.5 Å². The lowest BCUT2D eigenvalue weighted by Crippen LogP contribution is -2.30. The zero-order valence-corrected chi connectivity index (χ0v) is 14.1. The number of carboxylic acids is 1. The lowest BCUT2D eigenvalue weighted by molar-refractivity contribution is 0.0698. The summed E-state index contributed by atoms with van der Waals surface area (Å²) in [4.78, 5) is 11.6. The van der Waals surface area contributed by atoms with Gasteiger partial charge in [0.25, 0.3) is 10.0 Å². The highest BCUT2D eigenvalue weighted by molar-refractivity contribution is 7.92. The Labute approximate surface area is 144 Å². The zero-order valence-electron chi connectivity index (χ0n) is 13.3. The van der Waals surface area contributed by atoms with Crippen LogP contribution in [0.25, 0.3) is 0 Å². The third kappa shape index (κ3) is 2.59. The topological polar surface area (TPSA) is 102 Å². The molecule has 3 heterocycles. The van der Waals surface area contributed by atoms with Gasteiger partial charge in [-0.2, -0.15) is 5.10 Å². The molecule has 1 saturated heterocycles. The minimum Gasteiger partial charge on any atom is -0.478 e. The quantitative estimate of drug-likeness (QED) is 0.878. The number of benzene rings is 1. The summed E-state index contributed by atoms with van der Waals surface area (Å²) in [5.74, 6) is -1.14. The predicted octanol–water partition coefficient (Wildman–Crippen LogP) is 1.29. The lowest BCUT2D eigenvalue weighted by atomic mass is 10.1. The Hall–Kier alpha value is -2.39. The first-order valence-electron chi connectivity index (χ1n) is 7.98. The number of anilines is 1. The van der Waals surface area contributed by atoms with Gasteiger partial charge in [0.1, 0.15) is 4.90 Å². The second-order valence-electron chi connectivity index (χ2n) is 6.12. The number of hydrogen-bond acceptors (Lipinski definition) is 5. The van der Waals surface area contributed by atoms with Gasteiger partial charge in [-0.1, -0.05) is 12.1 Å². The highest BCUT2D eigenvalue weighted by Gasteiger charge is 2.35. The van der Waals surface area contributed by atoms with Crippen molar-refractivity contribution in [2.75, 3.05) is 24.1 Å². The van der Waals surface area contributed by atoms with Crippen molar-refractivity contribution in [1.29, 1.82) is 0 Å². The van der Waals surface area contributed by atoms with Crippen LogP contribution in [0.15, 0.2) is 35.5 Å². The first-order valence-corrected chi connectivity index (χ1v) is 9.42. The van der Waals surface area contributed by atoms with Gasteiger partial charge in [-0.15, -0.1) is 0 Å². The van der Waals surface area contributed by atoms with Crippen molar-refractivity contribution >= 4 is 21.7 Å². The van der Waals surface area contributed by atoms with Crippen LogP contribution >= 0.6 is 0 Å². The largest absolute Gasteiger partial charge is 0.478 e. The molecule has 0 spiro atoms. The molecule has 4 rings (SSSR count). The molecule has 1 unspecified atom stereocenters. The number of aromatic nitrogens is 2. The molecule has 8 nitrogen and oxygen atoms in total. The summed E-state index contributed by atoms with van der Waals surface area (Å²) in [5, 5.41) is 13.6. The number of hydrogen-bond donors (Lipinski definition) is 1. The fraction of sp³-hybridized carbons (Fsp3) is 0.375. The van der Waals surface area contributed by atoms with Crippen LogP contribution in [0.1, 0.15) is 28.4 Å². The molecule has 132 valence electrons. The Kier molecular flexibility index (Phi) is 3.77. The number of sulfonamides is 1. The number of carbonyl (C=O) groups is 1. The molecule has 1 aromatic carbocycles. The van der Waals surface area contributed by atoms with Gasteiger partial charge in [0, 0.05) is 19.3 Å². The van der Waals surface area contributed by atoms with E-state index in [1.165, 1.54) is 22.8 Å². The van der Waals surface area contributed by atoms with E-state index in [4.69, 9.17) is 4.74 Å². The second-order valence-corrected chi connectivity index (χ2v) is 7.98. The molecule has 25 heavy (non-hydrogen) atoms. The minimum absolute atomic E-state index is 0.00448. The van der Waals surface area contributed by atoms with E-state index in [0.29, 0.717) is 19.6 Å². The van der Waals surface area contributed by atoms with Crippen LogP contribution in [-0.4, -0.2) is 49.0 Å². The van der Waals surface area contributed by atoms with E-state index in [1.807, 2.05) is 0 Å². The smallest absolute Gasteiger partial charge is 0.337 e. The maximum absolute atomic E-state index is 13.0. The van der Waals surface area contributed by atoms with Gasteiger partial charge in [0.15, 0.2) is 0 Å². The van der Waals surface area contributed by atoms with Crippen molar-refractivity contribution in [3.63, 3.8) is 0 Å². The van der Waals surface area contributed by atoms with E-state index < -0.39 is 16.0 Å². The van der Waals surface area contributed by atoms with E-state index in [2.05, 4.69) is 5.10 Å². The Balaban J connectivity index is 1.73. The molecule has 9 heteroatoms. The van der Waals surface area contributed by atoms with E-state index in [9.17, 15) is 18.3 Å². The van der Waals surface area contributed by atoms with Crippen LogP contribution < -0.4 is 4.31 Å². The van der Waals surface area contributed by atoms with E-state index in [0.717, 1.165) is 12.0 Å². The number of nitrogens with zero attached hydrogens (tertiary/aromatic N) is 3. The Morgan fingerprint density at radius 3 is 2.92 bits per heavy atom. The van der Waals surface area contributed by atoms with Gasteiger partial charge in [-0.25, -0.2) is 13.2 Å². The third-order valence-corrected chi connectivity index (χ3v) is 6.38. The summed E-state index contributed by atoms with van der Waals surface area (Å²) < 4.78 is 34.2. The zero-order chi connectivity index (χ0) is 17.6. The molecule has 0 amide bonds. The normalized spacial score (nSPS) is 20.0. The molecule has 1 fully saturated rings. The van der Waals surface area contributed by atoms with Crippen molar-refractivity contribution in [3.8, 4) is 0 Å². The number of para-hydroxylation sites is 1. The van der Waals surface area contributed by atoms with Crippen LogP contribution in [0.4, 0.5) is 5.69 Å². The summed E-state index contributed by atoms with van der Waals surface area (Å²) in [5.41, 5.74) is 0.974. The summed E-state index contributed by atoms with van der Waals surface area (Å²) in [6.45, 7) is 1.37. The van der Waals surface area contributed by atoms with E-state index in [1.54, 1.807) is 16.8 Å². The predicted molar refractivity (Wildman–Crippen MR) is 88.3 cm³/mol. The molecule has 0 radical (unpaired) electrons. The molecule has 0 aliphatic carbocycles. The van der Waals surface area contributed by atoms with E-state index >= 15 is 0 Å². The Morgan fingerprint density at radius 2 is 2.20 bits per heavy atom. The Morgan fingerprint density at radius 1 is 1.36 bits per heavy atom. The van der Waals surface area contributed by atoms with Gasteiger partial charge in [-0.3, -0.25) is 8.99 Å². The van der Waals surface area contributed by atoms with Crippen molar-refractivity contribution in [2.45, 2.75) is 23.8 Å². The van der Waals surface area contributed by atoms with Gasteiger partial charge < -0.3 is 9.84 Å². The van der Waals surface area contributed by atoms with E-state index in [-0.39, 0.29) is 28.7 Å². The molecule has 2 aliphatic heterocycles. The first kappa shape index (κ1) is 16.1. The summed E-state index contributed by atoms with van der Waals surface area (Å²) >= 11 is 0. The van der Waals surface area contributed by atoms with Crippen molar-refractivity contribution in [2.24, 2.45) is 0 Å². The van der Waals surface area contributed by atoms with Crippen molar-refractivity contribution in [3.05, 3.63) is 41.7 Å². The molecule has 0 bridgehead atoms. The maximum Gasteiger partial charge on any atom is 0.337 e. The summed E-state index contributed by atoms with van der Waals surface area (Å²) in [7, 11) is -3.87. The maximum atomic E-state index is 13.0.